The molecule has 1 amide bonds. The molecular formula is C13H18ClNO4. The van der Waals surface area contributed by atoms with Crippen LogP contribution in [-0.2, 0) is 4.79 Å². The number of carbonyl (C=O) groups excluding carboxylic acids is 1. The Morgan fingerprint density at radius 1 is 1.53 bits per heavy atom. The van der Waals surface area contributed by atoms with Crippen LogP contribution >= 0.6 is 11.6 Å². The van der Waals surface area contributed by atoms with Crippen LogP contribution in [0.1, 0.15) is 12.5 Å². The zero-order chi connectivity index (χ0) is 14.5. The molecule has 0 radical (unpaired) electrons. The molecule has 0 saturated heterocycles. The van der Waals surface area contributed by atoms with Gasteiger partial charge in [-0.3, -0.25) is 4.79 Å². The molecule has 0 spiro atoms. The van der Waals surface area contributed by atoms with Gasteiger partial charge in [0.2, 0.25) is 0 Å². The zero-order valence-electron chi connectivity index (χ0n) is 10.9. The smallest absolute Gasteiger partial charge is 0.258 e. The summed E-state index contributed by atoms with van der Waals surface area (Å²) in [6.07, 6.45) is 0. The van der Waals surface area contributed by atoms with Crippen molar-refractivity contribution in [1.29, 1.82) is 0 Å². The Balaban J connectivity index is 2.42. The Hall–Kier alpha value is -1.30. The second-order valence-corrected chi connectivity index (χ2v) is 5.07. The number of aliphatic hydroxyl groups excluding tert-OH is 1. The van der Waals surface area contributed by atoms with E-state index in [0.29, 0.717) is 10.8 Å². The van der Waals surface area contributed by atoms with Gasteiger partial charge in [-0.2, -0.15) is 0 Å². The quantitative estimate of drug-likeness (QED) is 0.726. The van der Waals surface area contributed by atoms with Gasteiger partial charge in [0.05, 0.1) is 6.61 Å². The SMILES string of the molecule is Cc1cc(Cl)ccc1OCC(=O)NCC(C)(O)CO. The average Bonchev–Trinajstić information content (AvgIpc) is 2.35. The van der Waals surface area contributed by atoms with E-state index >= 15 is 0 Å². The van der Waals surface area contributed by atoms with E-state index in [1.807, 2.05) is 6.92 Å². The maximum atomic E-state index is 11.5. The van der Waals surface area contributed by atoms with Crippen LogP contribution in [0, 0.1) is 6.92 Å². The standard InChI is InChI=1S/C13H18ClNO4/c1-9-5-10(14)3-4-11(9)19-6-12(17)15-7-13(2,18)8-16/h3-5,16,18H,6-8H2,1-2H3,(H,15,17). The largest absolute Gasteiger partial charge is 0.484 e. The molecule has 0 aliphatic rings. The second-order valence-electron chi connectivity index (χ2n) is 4.63. The summed E-state index contributed by atoms with van der Waals surface area (Å²) in [5.74, 6) is 0.205. The van der Waals surface area contributed by atoms with Gasteiger partial charge in [0.25, 0.3) is 5.91 Å². The molecule has 0 bridgehead atoms. The summed E-state index contributed by atoms with van der Waals surface area (Å²) in [5.41, 5.74) is -0.492. The molecule has 1 rings (SSSR count). The van der Waals surface area contributed by atoms with Gasteiger partial charge < -0.3 is 20.3 Å². The van der Waals surface area contributed by atoms with Gasteiger partial charge in [-0.25, -0.2) is 0 Å². The van der Waals surface area contributed by atoms with Gasteiger partial charge in [-0.1, -0.05) is 11.6 Å². The maximum absolute atomic E-state index is 11.5. The summed E-state index contributed by atoms with van der Waals surface area (Å²) in [5, 5.41) is 21.4. The predicted octanol–water partition coefficient (Wildman–Crippen LogP) is 0.887. The molecule has 0 aliphatic carbocycles. The predicted molar refractivity (Wildman–Crippen MR) is 72.4 cm³/mol. The number of benzene rings is 1. The number of hydrogen-bond donors (Lipinski definition) is 3. The zero-order valence-corrected chi connectivity index (χ0v) is 11.7. The van der Waals surface area contributed by atoms with Crippen LogP contribution in [0.4, 0.5) is 0 Å². The third-order valence-corrected chi connectivity index (χ3v) is 2.74. The minimum Gasteiger partial charge on any atom is -0.484 e. The molecule has 6 heteroatoms. The van der Waals surface area contributed by atoms with Crippen molar-refractivity contribution in [2.45, 2.75) is 19.4 Å². The van der Waals surface area contributed by atoms with Gasteiger partial charge in [0.15, 0.2) is 6.61 Å². The molecule has 1 aromatic carbocycles. The number of nitrogens with one attached hydrogen (secondary N) is 1. The number of rotatable bonds is 6. The molecule has 5 nitrogen and oxygen atoms in total. The number of hydrogen-bond acceptors (Lipinski definition) is 4. The number of carbonyl (C=O) groups is 1. The Labute approximate surface area is 117 Å². The lowest BCUT2D eigenvalue weighted by Gasteiger charge is -2.20. The first-order chi connectivity index (χ1) is 8.84. The van der Waals surface area contributed by atoms with Gasteiger partial charge in [0, 0.05) is 11.6 Å². The second kappa shape index (κ2) is 6.75. The summed E-state index contributed by atoms with van der Waals surface area (Å²) in [6.45, 7) is 2.63. The van der Waals surface area contributed by atoms with Crippen LogP contribution in [0.2, 0.25) is 5.02 Å². The van der Waals surface area contributed by atoms with E-state index in [1.54, 1.807) is 18.2 Å². The summed E-state index contributed by atoms with van der Waals surface area (Å²) >= 11 is 5.81. The fourth-order valence-corrected chi connectivity index (χ4v) is 1.54. The van der Waals surface area contributed by atoms with Crippen LogP contribution in [0.15, 0.2) is 18.2 Å². The minimum absolute atomic E-state index is 0.0364. The van der Waals surface area contributed by atoms with E-state index in [4.69, 9.17) is 21.4 Å². The highest BCUT2D eigenvalue weighted by Crippen LogP contribution is 2.21. The molecule has 106 valence electrons. The number of aliphatic hydroxyl groups is 2. The lowest BCUT2D eigenvalue weighted by Crippen LogP contribution is -2.44. The first kappa shape index (κ1) is 15.8. The van der Waals surface area contributed by atoms with Gasteiger partial charge >= 0.3 is 0 Å². The van der Waals surface area contributed by atoms with Crippen LogP contribution in [-0.4, -0.2) is 41.5 Å². The molecule has 0 fully saturated rings. The molecule has 19 heavy (non-hydrogen) atoms. The normalized spacial score (nSPS) is 13.7. The van der Waals surface area contributed by atoms with E-state index in [9.17, 15) is 9.90 Å². The van der Waals surface area contributed by atoms with Crippen LogP contribution in [0.3, 0.4) is 0 Å². The molecule has 1 unspecified atom stereocenters. The van der Waals surface area contributed by atoms with Crippen LogP contribution in [0.25, 0.3) is 0 Å². The van der Waals surface area contributed by atoms with Gasteiger partial charge in [0.1, 0.15) is 11.4 Å². The van der Waals surface area contributed by atoms with Crippen molar-refractivity contribution < 1.29 is 19.7 Å². The first-order valence-electron chi connectivity index (χ1n) is 5.83. The van der Waals surface area contributed by atoms with Crippen molar-refractivity contribution in [3.05, 3.63) is 28.8 Å². The first-order valence-corrected chi connectivity index (χ1v) is 6.21. The van der Waals surface area contributed by atoms with Crippen LogP contribution < -0.4 is 10.1 Å². The summed E-state index contributed by atoms with van der Waals surface area (Å²) in [6, 6.07) is 5.11. The van der Waals surface area contributed by atoms with Crippen molar-refractivity contribution in [2.24, 2.45) is 0 Å². The van der Waals surface area contributed by atoms with Crippen molar-refractivity contribution >= 4 is 17.5 Å². The van der Waals surface area contributed by atoms with E-state index in [0.717, 1.165) is 5.56 Å². The molecule has 0 saturated carbocycles. The Morgan fingerprint density at radius 3 is 2.79 bits per heavy atom. The van der Waals surface area contributed by atoms with Gasteiger partial charge in [-0.15, -0.1) is 0 Å². The highest BCUT2D eigenvalue weighted by Gasteiger charge is 2.19. The molecule has 0 aliphatic heterocycles. The topological polar surface area (TPSA) is 78.8 Å². The van der Waals surface area contributed by atoms with Crippen LogP contribution in [0.5, 0.6) is 5.75 Å². The molecule has 0 heterocycles. The Kier molecular flexibility index (Phi) is 5.60. The summed E-state index contributed by atoms with van der Waals surface area (Å²) in [7, 11) is 0. The number of aryl methyl sites for hydroxylation is 1. The van der Waals surface area contributed by atoms with Crippen molar-refractivity contribution in [1.82, 2.24) is 5.32 Å². The molecule has 1 aromatic rings. The lowest BCUT2D eigenvalue weighted by atomic mass is 10.1. The molecular weight excluding hydrogens is 270 g/mol. The number of ether oxygens (including phenoxy) is 1. The Bertz CT molecular complexity index is 448. The monoisotopic (exact) mass is 287 g/mol. The fraction of sp³-hybridized carbons (Fsp3) is 0.462. The third-order valence-electron chi connectivity index (χ3n) is 2.50. The Morgan fingerprint density at radius 2 is 2.21 bits per heavy atom. The van der Waals surface area contributed by atoms with Gasteiger partial charge in [-0.05, 0) is 37.6 Å². The van der Waals surface area contributed by atoms with Crippen molar-refractivity contribution in [3.8, 4) is 5.75 Å². The number of amides is 1. The van der Waals surface area contributed by atoms with E-state index in [-0.39, 0.29) is 19.1 Å². The third kappa shape index (κ3) is 5.46. The minimum atomic E-state index is -1.33. The maximum Gasteiger partial charge on any atom is 0.258 e. The summed E-state index contributed by atoms with van der Waals surface area (Å²) < 4.78 is 5.34. The van der Waals surface area contributed by atoms with E-state index in [1.165, 1.54) is 6.92 Å². The average molecular weight is 288 g/mol. The number of halogens is 1. The summed E-state index contributed by atoms with van der Waals surface area (Å²) in [4.78, 5) is 11.5. The highest BCUT2D eigenvalue weighted by atomic mass is 35.5. The molecule has 1 atom stereocenters. The molecule has 0 aromatic heterocycles. The van der Waals surface area contributed by atoms with Crippen molar-refractivity contribution in [2.75, 3.05) is 19.8 Å². The fourth-order valence-electron chi connectivity index (χ4n) is 1.31. The van der Waals surface area contributed by atoms with Crippen molar-refractivity contribution in [3.63, 3.8) is 0 Å². The van der Waals surface area contributed by atoms with E-state index < -0.39 is 12.2 Å². The highest BCUT2D eigenvalue weighted by molar-refractivity contribution is 6.30. The van der Waals surface area contributed by atoms with E-state index in [2.05, 4.69) is 5.32 Å². The lowest BCUT2D eigenvalue weighted by molar-refractivity contribution is -0.124. The molecule has 3 N–H and O–H groups in total.